The summed E-state index contributed by atoms with van der Waals surface area (Å²) in [6, 6.07) is 8.30. The fourth-order valence-electron chi connectivity index (χ4n) is 1.95. The van der Waals surface area contributed by atoms with Gasteiger partial charge < -0.3 is 0 Å². The molecule has 1 aliphatic rings. The Balaban J connectivity index is 2.10. The van der Waals surface area contributed by atoms with Gasteiger partial charge in [-0.1, -0.05) is 31.5 Å². The van der Waals surface area contributed by atoms with Gasteiger partial charge in [0.05, 0.1) is 5.92 Å². The maximum atomic E-state index is 12.0. The van der Waals surface area contributed by atoms with Crippen molar-refractivity contribution < 1.29 is 4.79 Å². The average Bonchev–Trinajstić information content (AvgIpc) is 2.69. The number of carbonyl (C=O) groups is 1. The number of benzene rings is 1. The molecule has 0 amide bonds. The molecule has 1 aliphatic heterocycles. The highest BCUT2D eigenvalue weighted by Gasteiger charge is 2.27. The van der Waals surface area contributed by atoms with Crippen LogP contribution in [0.15, 0.2) is 29.2 Å². The molecule has 0 saturated carbocycles. The van der Waals surface area contributed by atoms with Crippen molar-refractivity contribution >= 4 is 17.5 Å². The van der Waals surface area contributed by atoms with Gasteiger partial charge in [0.15, 0.2) is 0 Å². The van der Waals surface area contributed by atoms with Gasteiger partial charge in [0.25, 0.3) is 0 Å². The van der Waals surface area contributed by atoms with Crippen molar-refractivity contribution in [3.05, 3.63) is 29.8 Å². The average molecular weight is 220 g/mol. The van der Waals surface area contributed by atoms with Gasteiger partial charge in [-0.05, 0) is 18.1 Å². The zero-order valence-corrected chi connectivity index (χ0v) is 9.85. The molecule has 0 N–H and O–H groups in total. The summed E-state index contributed by atoms with van der Waals surface area (Å²) in [5.74, 6) is 1.54. The topological polar surface area (TPSA) is 17.1 Å². The van der Waals surface area contributed by atoms with Crippen LogP contribution in [0.5, 0.6) is 0 Å². The first-order valence-corrected chi connectivity index (χ1v) is 6.56. The van der Waals surface area contributed by atoms with Gasteiger partial charge in [-0.15, -0.1) is 11.8 Å². The lowest BCUT2D eigenvalue weighted by molar-refractivity contribution is -0.120. The molecule has 0 fully saturated rings. The van der Waals surface area contributed by atoms with Crippen molar-refractivity contribution in [2.75, 3.05) is 5.75 Å². The van der Waals surface area contributed by atoms with E-state index in [9.17, 15) is 4.79 Å². The van der Waals surface area contributed by atoms with Crippen LogP contribution >= 0.6 is 11.8 Å². The van der Waals surface area contributed by atoms with Crippen LogP contribution in [0.4, 0.5) is 0 Å². The van der Waals surface area contributed by atoms with Crippen molar-refractivity contribution in [1.29, 1.82) is 0 Å². The lowest BCUT2D eigenvalue weighted by atomic mass is 9.94. The van der Waals surface area contributed by atoms with Crippen molar-refractivity contribution in [1.82, 2.24) is 0 Å². The number of fused-ring (bicyclic) bond motifs is 1. The van der Waals surface area contributed by atoms with E-state index >= 15 is 0 Å². The molecule has 2 rings (SSSR count). The number of unbranched alkanes of at least 4 members (excludes halogenated alkanes) is 1. The third-order valence-electron chi connectivity index (χ3n) is 2.87. The van der Waals surface area contributed by atoms with E-state index < -0.39 is 0 Å². The third-order valence-corrected chi connectivity index (χ3v) is 4.05. The molecular formula is C13H16OS. The highest BCUT2D eigenvalue weighted by atomic mass is 32.2. The Morgan fingerprint density at radius 3 is 3.07 bits per heavy atom. The Morgan fingerprint density at radius 2 is 2.27 bits per heavy atom. The van der Waals surface area contributed by atoms with Crippen LogP contribution in [0.2, 0.25) is 0 Å². The van der Waals surface area contributed by atoms with E-state index in [1.165, 1.54) is 10.5 Å². The van der Waals surface area contributed by atoms with Crippen LogP contribution in [-0.4, -0.2) is 11.5 Å². The smallest absolute Gasteiger partial charge is 0.141 e. The van der Waals surface area contributed by atoms with Gasteiger partial charge in [-0.3, -0.25) is 4.79 Å². The number of rotatable bonds is 4. The van der Waals surface area contributed by atoms with Crippen LogP contribution in [0.1, 0.15) is 37.7 Å². The number of thioether (sulfide) groups is 1. The Hall–Kier alpha value is -0.760. The van der Waals surface area contributed by atoms with Crippen LogP contribution in [0.25, 0.3) is 0 Å². The highest BCUT2D eigenvalue weighted by molar-refractivity contribution is 7.99. The molecule has 15 heavy (non-hydrogen) atoms. The van der Waals surface area contributed by atoms with Gasteiger partial charge in [0.1, 0.15) is 5.78 Å². The molecule has 1 aromatic carbocycles. The van der Waals surface area contributed by atoms with Gasteiger partial charge in [0.2, 0.25) is 0 Å². The first kappa shape index (κ1) is 10.7. The zero-order valence-electron chi connectivity index (χ0n) is 9.03. The zero-order chi connectivity index (χ0) is 10.7. The first-order valence-electron chi connectivity index (χ1n) is 5.57. The lowest BCUT2D eigenvalue weighted by Gasteiger charge is -2.08. The lowest BCUT2D eigenvalue weighted by Crippen LogP contribution is -2.11. The summed E-state index contributed by atoms with van der Waals surface area (Å²) >= 11 is 1.82. The summed E-state index contributed by atoms with van der Waals surface area (Å²) in [6.07, 6.45) is 2.88. The van der Waals surface area contributed by atoms with Crippen LogP contribution in [0.3, 0.4) is 0 Å². The summed E-state index contributed by atoms with van der Waals surface area (Å²) < 4.78 is 0. The molecule has 0 bridgehead atoms. The minimum absolute atomic E-state index is 0.165. The number of Topliss-reactive ketones (excluding diaryl/α,β-unsaturated/α-hetero) is 1. The van der Waals surface area contributed by atoms with Gasteiger partial charge >= 0.3 is 0 Å². The third kappa shape index (κ3) is 2.25. The molecule has 2 heteroatoms. The van der Waals surface area contributed by atoms with E-state index in [1.54, 1.807) is 0 Å². The van der Waals surface area contributed by atoms with Crippen molar-refractivity contribution in [3.8, 4) is 0 Å². The van der Waals surface area contributed by atoms with E-state index in [0.29, 0.717) is 5.78 Å². The Labute approximate surface area is 95.3 Å². The quantitative estimate of drug-likeness (QED) is 0.770. The molecule has 1 unspecified atom stereocenters. The Bertz CT molecular complexity index is 359. The van der Waals surface area contributed by atoms with E-state index in [1.807, 2.05) is 23.9 Å². The SMILES string of the molecule is CCCCC(=O)C1CSc2ccccc21. The second kappa shape index (κ2) is 4.84. The molecule has 0 aromatic heterocycles. The molecule has 1 nitrogen and oxygen atoms in total. The summed E-state index contributed by atoms with van der Waals surface area (Å²) in [4.78, 5) is 13.3. The second-order valence-corrected chi connectivity index (χ2v) is 5.03. The van der Waals surface area contributed by atoms with Crippen molar-refractivity contribution in [3.63, 3.8) is 0 Å². The maximum absolute atomic E-state index is 12.0. The molecule has 0 spiro atoms. The summed E-state index contributed by atoms with van der Waals surface area (Å²) in [6.45, 7) is 2.13. The van der Waals surface area contributed by atoms with Crippen LogP contribution in [-0.2, 0) is 4.79 Å². The van der Waals surface area contributed by atoms with Crippen molar-refractivity contribution in [2.24, 2.45) is 0 Å². The largest absolute Gasteiger partial charge is 0.299 e. The summed E-state index contributed by atoms with van der Waals surface area (Å²) in [7, 11) is 0. The van der Waals surface area contributed by atoms with Crippen LogP contribution in [0, 0.1) is 0 Å². The normalized spacial score (nSPS) is 18.9. The molecule has 0 aliphatic carbocycles. The van der Waals surface area contributed by atoms with Gasteiger partial charge in [0, 0.05) is 17.1 Å². The Morgan fingerprint density at radius 1 is 1.47 bits per heavy atom. The fourth-order valence-corrected chi connectivity index (χ4v) is 3.22. The fraction of sp³-hybridized carbons (Fsp3) is 0.462. The summed E-state index contributed by atoms with van der Waals surface area (Å²) in [5, 5.41) is 0. The van der Waals surface area contributed by atoms with E-state index in [0.717, 1.165) is 25.0 Å². The van der Waals surface area contributed by atoms with E-state index in [4.69, 9.17) is 0 Å². The summed E-state index contributed by atoms with van der Waals surface area (Å²) in [5.41, 5.74) is 1.25. The Kier molecular flexibility index (Phi) is 3.47. The van der Waals surface area contributed by atoms with Crippen LogP contribution < -0.4 is 0 Å². The predicted molar refractivity (Wildman–Crippen MR) is 64.4 cm³/mol. The van der Waals surface area contributed by atoms with E-state index in [-0.39, 0.29) is 5.92 Å². The monoisotopic (exact) mass is 220 g/mol. The maximum Gasteiger partial charge on any atom is 0.141 e. The molecule has 0 saturated heterocycles. The molecule has 80 valence electrons. The number of ketones is 1. The van der Waals surface area contributed by atoms with Gasteiger partial charge in [-0.2, -0.15) is 0 Å². The van der Waals surface area contributed by atoms with Gasteiger partial charge in [-0.25, -0.2) is 0 Å². The minimum atomic E-state index is 0.165. The minimum Gasteiger partial charge on any atom is -0.299 e. The standard InChI is InChI=1S/C13H16OS/c1-2-3-7-12(14)11-9-15-13-8-5-4-6-10(11)13/h4-6,8,11H,2-3,7,9H2,1H3. The van der Waals surface area contributed by atoms with Crippen molar-refractivity contribution in [2.45, 2.75) is 37.0 Å². The number of hydrogen-bond acceptors (Lipinski definition) is 2. The molecule has 1 heterocycles. The number of hydrogen-bond donors (Lipinski definition) is 0. The second-order valence-electron chi connectivity index (χ2n) is 3.97. The molecule has 0 radical (unpaired) electrons. The first-order chi connectivity index (χ1) is 7.33. The predicted octanol–water partition coefficient (Wildman–Crippen LogP) is 3.64. The number of carbonyl (C=O) groups excluding carboxylic acids is 1. The molecule has 1 atom stereocenters. The highest BCUT2D eigenvalue weighted by Crippen LogP contribution is 2.40. The molecular weight excluding hydrogens is 204 g/mol. The molecule has 1 aromatic rings. The van der Waals surface area contributed by atoms with E-state index in [2.05, 4.69) is 19.1 Å².